The van der Waals surface area contributed by atoms with Crippen LogP contribution in [0.25, 0.3) is 0 Å². The number of hydrogen-bond donors (Lipinski definition) is 1. The van der Waals surface area contributed by atoms with Gasteiger partial charge in [-0.15, -0.1) is 0 Å². The fourth-order valence-electron chi connectivity index (χ4n) is 1.01. The molecule has 1 rings (SSSR count). The summed E-state index contributed by atoms with van der Waals surface area (Å²) in [6, 6.07) is 4.68. The molecule has 0 amide bonds. The molecular formula is C10H11F3N2O. The standard InChI is InChI=1S/C10H11F3N2O/c1-9(14,10(11,12)13)8(16)6-7-4-2-3-5-15-7/h2-5H,6,14H2,1H3. The monoisotopic (exact) mass is 232 g/mol. The van der Waals surface area contributed by atoms with Crippen molar-refractivity contribution in [2.24, 2.45) is 5.73 Å². The van der Waals surface area contributed by atoms with Gasteiger partial charge in [0.25, 0.3) is 0 Å². The molecule has 0 aliphatic heterocycles. The highest BCUT2D eigenvalue weighted by Gasteiger charge is 2.53. The number of hydrogen-bond acceptors (Lipinski definition) is 3. The molecule has 2 N–H and O–H groups in total. The van der Waals surface area contributed by atoms with Crippen LogP contribution < -0.4 is 5.73 Å². The fourth-order valence-corrected chi connectivity index (χ4v) is 1.01. The van der Waals surface area contributed by atoms with Crippen molar-refractivity contribution in [3.05, 3.63) is 30.1 Å². The largest absolute Gasteiger partial charge is 0.413 e. The predicted molar refractivity (Wildman–Crippen MR) is 51.6 cm³/mol. The van der Waals surface area contributed by atoms with Crippen molar-refractivity contribution in [2.75, 3.05) is 0 Å². The number of Topliss-reactive ketones (excluding diaryl/α,β-unsaturated/α-hetero) is 1. The average molecular weight is 232 g/mol. The molecule has 3 nitrogen and oxygen atoms in total. The van der Waals surface area contributed by atoms with Crippen LogP contribution >= 0.6 is 0 Å². The lowest BCUT2D eigenvalue weighted by Crippen LogP contribution is -2.57. The topological polar surface area (TPSA) is 56.0 Å². The van der Waals surface area contributed by atoms with E-state index in [2.05, 4.69) is 4.98 Å². The Morgan fingerprint density at radius 3 is 2.50 bits per heavy atom. The Balaban J connectivity index is 2.81. The zero-order valence-corrected chi connectivity index (χ0v) is 8.58. The lowest BCUT2D eigenvalue weighted by atomic mass is 9.93. The summed E-state index contributed by atoms with van der Waals surface area (Å²) >= 11 is 0. The first-order valence-corrected chi connectivity index (χ1v) is 4.54. The van der Waals surface area contributed by atoms with Crippen molar-refractivity contribution < 1.29 is 18.0 Å². The van der Waals surface area contributed by atoms with Crippen LogP contribution in [0.15, 0.2) is 24.4 Å². The molecule has 1 aromatic rings. The second-order valence-electron chi connectivity index (χ2n) is 3.62. The van der Waals surface area contributed by atoms with Gasteiger partial charge in [-0.2, -0.15) is 13.2 Å². The Hall–Kier alpha value is -1.43. The number of alkyl halides is 3. The van der Waals surface area contributed by atoms with Crippen LogP contribution in [0.1, 0.15) is 12.6 Å². The lowest BCUT2D eigenvalue weighted by molar-refractivity contribution is -0.185. The third-order valence-corrected chi connectivity index (χ3v) is 2.24. The summed E-state index contributed by atoms with van der Waals surface area (Å²) in [6.45, 7) is 0.665. The number of ketones is 1. The van der Waals surface area contributed by atoms with Crippen molar-refractivity contribution >= 4 is 5.78 Å². The maximum atomic E-state index is 12.4. The third-order valence-electron chi connectivity index (χ3n) is 2.24. The van der Waals surface area contributed by atoms with Gasteiger partial charge in [0.1, 0.15) is 0 Å². The number of halogens is 3. The Bertz CT molecular complexity index is 373. The zero-order valence-electron chi connectivity index (χ0n) is 8.58. The third kappa shape index (κ3) is 2.57. The highest BCUT2D eigenvalue weighted by molar-refractivity contribution is 5.90. The summed E-state index contributed by atoms with van der Waals surface area (Å²) in [6.07, 6.45) is -3.77. The van der Waals surface area contributed by atoms with Gasteiger partial charge >= 0.3 is 6.18 Å². The summed E-state index contributed by atoms with van der Waals surface area (Å²) in [5.41, 5.74) is 2.43. The van der Waals surface area contributed by atoms with Crippen molar-refractivity contribution in [2.45, 2.75) is 25.1 Å². The smallest absolute Gasteiger partial charge is 0.312 e. The van der Waals surface area contributed by atoms with Gasteiger partial charge in [0, 0.05) is 11.9 Å². The summed E-state index contributed by atoms with van der Waals surface area (Å²) in [4.78, 5) is 15.2. The van der Waals surface area contributed by atoms with Gasteiger partial charge in [-0.25, -0.2) is 0 Å². The van der Waals surface area contributed by atoms with Crippen LogP contribution in [0.4, 0.5) is 13.2 Å². The van der Waals surface area contributed by atoms with E-state index in [4.69, 9.17) is 5.73 Å². The minimum absolute atomic E-state index is 0.272. The van der Waals surface area contributed by atoms with Crippen LogP contribution in [-0.2, 0) is 11.2 Å². The van der Waals surface area contributed by atoms with Crippen LogP contribution in [0.5, 0.6) is 0 Å². The van der Waals surface area contributed by atoms with Crippen molar-refractivity contribution in [3.8, 4) is 0 Å². The Kier molecular flexibility index (Phi) is 3.32. The van der Waals surface area contributed by atoms with Crippen LogP contribution in [-0.4, -0.2) is 22.5 Å². The molecule has 0 saturated heterocycles. The summed E-state index contributed by atoms with van der Waals surface area (Å²) in [5, 5.41) is 0. The number of aromatic nitrogens is 1. The van der Waals surface area contributed by atoms with E-state index in [1.54, 1.807) is 12.1 Å². The average Bonchev–Trinajstić information content (AvgIpc) is 2.17. The van der Waals surface area contributed by atoms with Crippen LogP contribution in [0.2, 0.25) is 0 Å². The van der Waals surface area contributed by atoms with E-state index < -0.39 is 23.9 Å². The molecule has 1 atom stereocenters. The number of carbonyl (C=O) groups excluding carboxylic acids is 1. The van der Waals surface area contributed by atoms with Gasteiger partial charge in [0.15, 0.2) is 11.3 Å². The molecule has 1 unspecified atom stereocenters. The number of nitrogens with two attached hydrogens (primary N) is 1. The second-order valence-corrected chi connectivity index (χ2v) is 3.62. The Labute approximate surface area is 90.5 Å². The van der Waals surface area contributed by atoms with E-state index in [0.717, 1.165) is 0 Å². The van der Waals surface area contributed by atoms with E-state index in [9.17, 15) is 18.0 Å². The minimum atomic E-state index is -4.75. The van der Waals surface area contributed by atoms with E-state index >= 15 is 0 Å². The van der Waals surface area contributed by atoms with Crippen LogP contribution in [0, 0.1) is 0 Å². The van der Waals surface area contributed by atoms with Crippen molar-refractivity contribution in [3.63, 3.8) is 0 Å². The SMILES string of the molecule is CC(N)(C(=O)Cc1ccccn1)C(F)(F)F. The number of carbonyl (C=O) groups is 1. The van der Waals surface area contributed by atoms with Crippen LogP contribution in [0.3, 0.4) is 0 Å². The van der Waals surface area contributed by atoms with Gasteiger partial charge in [0.2, 0.25) is 0 Å². The number of pyridine rings is 1. The molecule has 1 aromatic heterocycles. The molecule has 0 fully saturated rings. The number of nitrogens with zero attached hydrogens (tertiary/aromatic N) is 1. The molecular weight excluding hydrogens is 221 g/mol. The van der Waals surface area contributed by atoms with Gasteiger partial charge in [0.05, 0.1) is 6.42 Å². The van der Waals surface area contributed by atoms with Gasteiger partial charge < -0.3 is 5.73 Å². The Morgan fingerprint density at radius 2 is 2.06 bits per heavy atom. The minimum Gasteiger partial charge on any atom is -0.312 e. The summed E-state index contributed by atoms with van der Waals surface area (Å²) < 4.78 is 37.3. The van der Waals surface area contributed by atoms with E-state index in [1.165, 1.54) is 12.3 Å². The quantitative estimate of drug-likeness (QED) is 0.858. The van der Waals surface area contributed by atoms with Crippen molar-refractivity contribution in [1.29, 1.82) is 0 Å². The molecule has 0 aromatic carbocycles. The fraction of sp³-hybridized carbons (Fsp3) is 0.400. The summed E-state index contributed by atoms with van der Waals surface area (Å²) in [5.74, 6) is -1.10. The van der Waals surface area contributed by atoms with Gasteiger partial charge in [-0.3, -0.25) is 9.78 Å². The molecule has 88 valence electrons. The second kappa shape index (κ2) is 4.21. The van der Waals surface area contributed by atoms with Crippen molar-refractivity contribution in [1.82, 2.24) is 4.98 Å². The Morgan fingerprint density at radius 1 is 1.44 bits per heavy atom. The molecule has 0 saturated carbocycles. The predicted octanol–water partition coefficient (Wildman–Crippen LogP) is 1.47. The molecule has 6 heteroatoms. The highest BCUT2D eigenvalue weighted by atomic mass is 19.4. The first-order chi connectivity index (χ1) is 7.25. The molecule has 0 radical (unpaired) electrons. The maximum absolute atomic E-state index is 12.4. The van der Waals surface area contributed by atoms with E-state index in [-0.39, 0.29) is 5.69 Å². The first kappa shape index (κ1) is 12.6. The molecule has 0 aliphatic carbocycles. The summed E-state index contributed by atoms with van der Waals surface area (Å²) in [7, 11) is 0. The molecule has 16 heavy (non-hydrogen) atoms. The number of rotatable bonds is 3. The molecule has 0 aliphatic rings. The van der Waals surface area contributed by atoms with E-state index in [1.807, 2.05) is 0 Å². The molecule has 0 spiro atoms. The maximum Gasteiger partial charge on any atom is 0.413 e. The lowest BCUT2D eigenvalue weighted by Gasteiger charge is -2.25. The molecule has 0 bridgehead atoms. The molecule has 1 heterocycles. The van der Waals surface area contributed by atoms with E-state index in [0.29, 0.717) is 6.92 Å². The zero-order chi connectivity index (χ0) is 12.4. The van der Waals surface area contributed by atoms with Gasteiger partial charge in [-0.05, 0) is 19.1 Å². The van der Waals surface area contributed by atoms with Gasteiger partial charge in [-0.1, -0.05) is 6.07 Å². The normalized spacial score (nSPS) is 15.6. The highest BCUT2D eigenvalue weighted by Crippen LogP contribution is 2.29. The first-order valence-electron chi connectivity index (χ1n) is 4.54.